The van der Waals surface area contributed by atoms with Crippen LogP contribution in [-0.2, 0) is 10.2 Å². The molecule has 1 aromatic carbocycles. The monoisotopic (exact) mass is 463 g/mol. The third-order valence-corrected chi connectivity index (χ3v) is 4.92. The average molecular weight is 464 g/mol. The van der Waals surface area contributed by atoms with Crippen molar-refractivity contribution in [2.45, 2.75) is 44.1 Å². The first kappa shape index (κ1) is 19.8. The maximum absolute atomic E-state index is 6.22. The summed E-state index contributed by atoms with van der Waals surface area (Å²) in [7, 11) is 0. The van der Waals surface area contributed by atoms with Crippen molar-refractivity contribution in [1.29, 1.82) is 0 Å². The van der Waals surface area contributed by atoms with Crippen LogP contribution in [0.2, 0.25) is 5.02 Å². The van der Waals surface area contributed by atoms with Crippen LogP contribution in [0.25, 0.3) is 0 Å². The summed E-state index contributed by atoms with van der Waals surface area (Å²) in [5, 5.41) is 7.64. The molecule has 2 N–H and O–H groups in total. The highest BCUT2D eigenvalue weighted by atomic mass is 127. The Bertz CT molecular complexity index is 557. The second-order valence-corrected chi connectivity index (χ2v) is 6.95. The highest BCUT2D eigenvalue weighted by Crippen LogP contribution is 2.36. The van der Waals surface area contributed by atoms with Crippen molar-refractivity contribution < 1.29 is 4.74 Å². The van der Waals surface area contributed by atoms with Gasteiger partial charge in [-0.3, -0.25) is 4.99 Å². The summed E-state index contributed by atoms with van der Waals surface area (Å²) in [4.78, 5) is 4.89. The molecule has 2 aliphatic rings. The van der Waals surface area contributed by atoms with E-state index in [4.69, 9.17) is 21.3 Å². The first-order chi connectivity index (χ1) is 11.2. The molecule has 1 heterocycles. The number of halogens is 2. The van der Waals surface area contributed by atoms with Gasteiger partial charge in [0, 0.05) is 36.2 Å². The van der Waals surface area contributed by atoms with Gasteiger partial charge in [-0.1, -0.05) is 23.7 Å². The minimum absolute atomic E-state index is 0. The summed E-state index contributed by atoms with van der Waals surface area (Å²) >= 11 is 6.22. The van der Waals surface area contributed by atoms with E-state index in [1.165, 1.54) is 18.4 Å². The SMILES string of the molecule is CCNC(=NCC1(c2cccc(Cl)c2)CCOCC1)NC1CC1.I. The maximum Gasteiger partial charge on any atom is 0.191 e. The van der Waals surface area contributed by atoms with E-state index in [1.807, 2.05) is 12.1 Å². The van der Waals surface area contributed by atoms with Crippen LogP contribution in [0.4, 0.5) is 0 Å². The third-order valence-electron chi connectivity index (χ3n) is 4.69. The van der Waals surface area contributed by atoms with Gasteiger partial charge in [-0.2, -0.15) is 0 Å². The van der Waals surface area contributed by atoms with Crippen molar-refractivity contribution in [2.75, 3.05) is 26.3 Å². The molecule has 0 atom stereocenters. The lowest BCUT2D eigenvalue weighted by molar-refractivity contribution is 0.0531. The summed E-state index contributed by atoms with van der Waals surface area (Å²) in [5.74, 6) is 0.933. The summed E-state index contributed by atoms with van der Waals surface area (Å²) in [6, 6.07) is 8.83. The molecule has 0 amide bonds. The molecule has 0 aromatic heterocycles. The molecule has 0 bridgehead atoms. The molecule has 3 rings (SSSR count). The lowest BCUT2D eigenvalue weighted by Crippen LogP contribution is -2.42. The minimum atomic E-state index is 0. The molecule has 1 aromatic rings. The Morgan fingerprint density at radius 1 is 1.33 bits per heavy atom. The van der Waals surface area contributed by atoms with Crippen molar-refractivity contribution in [1.82, 2.24) is 10.6 Å². The first-order valence-corrected chi connectivity index (χ1v) is 8.98. The fraction of sp³-hybridized carbons (Fsp3) is 0.611. The largest absolute Gasteiger partial charge is 0.381 e. The number of guanidine groups is 1. The van der Waals surface area contributed by atoms with E-state index in [9.17, 15) is 0 Å². The minimum Gasteiger partial charge on any atom is -0.381 e. The Balaban J connectivity index is 0.00000208. The predicted octanol–water partition coefficient (Wildman–Crippen LogP) is 3.72. The zero-order valence-electron chi connectivity index (χ0n) is 14.2. The second kappa shape index (κ2) is 9.25. The lowest BCUT2D eigenvalue weighted by Gasteiger charge is -2.36. The first-order valence-electron chi connectivity index (χ1n) is 8.60. The number of nitrogens with one attached hydrogen (secondary N) is 2. The zero-order valence-corrected chi connectivity index (χ0v) is 17.3. The molecular weight excluding hydrogens is 437 g/mol. The highest BCUT2D eigenvalue weighted by molar-refractivity contribution is 14.0. The third kappa shape index (κ3) is 5.23. The fourth-order valence-electron chi connectivity index (χ4n) is 3.09. The van der Waals surface area contributed by atoms with Crippen molar-refractivity contribution in [2.24, 2.45) is 4.99 Å². The van der Waals surface area contributed by atoms with Gasteiger partial charge in [-0.25, -0.2) is 0 Å². The number of ether oxygens (including phenoxy) is 1. The molecule has 1 saturated carbocycles. The Hall–Kier alpha value is -0.530. The van der Waals surface area contributed by atoms with Crippen LogP contribution in [0.3, 0.4) is 0 Å². The maximum atomic E-state index is 6.22. The van der Waals surface area contributed by atoms with Gasteiger partial charge in [0.1, 0.15) is 0 Å². The van der Waals surface area contributed by atoms with Gasteiger partial charge in [0.2, 0.25) is 0 Å². The van der Waals surface area contributed by atoms with E-state index in [0.29, 0.717) is 6.04 Å². The fourth-order valence-corrected chi connectivity index (χ4v) is 3.28. The Morgan fingerprint density at radius 3 is 2.71 bits per heavy atom. The highest BCUT2D eigenvalue weighted by Gasteiger charge is 2.35. The molecule has 2 fully saturated rings. The second-order valence-electron chi connectivity index (χ2n) is 6.52. The quantitative estimate of drug-likeness (QED) is 0.397. The van der Waals surface area contributed by atoms with Crippen LogP contribution in [0, 0.1) is 0 Å². The van der Waals surface area contributed by atoms with Crippen LogP contribution in [0.5, 0.6) is 0 Å². The van der Waals surface area contributed by atoms with Crippen molar-refractivity contribution in [3.05, 3.63) is 34.9 Å². The molecule has 0 unspecified atom stereocenters. The standard InChI is InChI=1S/C18H26ClN3O.HI/c1-2-20-17(22-16-6-7-16)21-13-18(8-10-23-11-9-18)14-4-3-5-15(19)12-14;/h3-5,12,16H,2,6-11,13H2,1H3,(H2,20,21,22);1H. The Labute approximate surface area is 166 Å². The number of nitrogens with zero attached hydrogens (tertiary/aromatic N) is 1. The van der Waals surface area contributed by atoms with Gasteiger partial charge >= 0.3 is 0 Å². The molecule has 4 nitrogen and oxygen atoms in total. The smallest absolute Gasteiger partial charge is 0.191 e. The molecular formula is C18H27ClIN3O. The molecule has 1 saturated heterocycles. The summed E-state index contributed by atoms with van der Waals surface area (Å²) < 4.78 is 5.59. The number of hydrogen-bond donors (Lipinski definition) is 2. The number of benzene rings is 1. The molecule has 0 radical (unpaired) electrons. The molecule has 0 spiro atoms. The van der Waals surface area contributed by atoms with Crippen molar-refractivity contribution >= 4 is 41.5 Å². The summed E-state index contributed by atoms with van der Waals surface area (Å²) in [6.45, 7) is 5.32. The van der Waals surface area contributed by atoms with E-state index in [1.54, 1.807) is 0 Å². The molecule has 6 heteroatoms. The van der Waals surface area contributed by atoms with Crippen LogP contribution >= 0.6 is 35.6 Å². The normalized spacial score (nSPS) is 20.2. The topological polar surface area (TPSA) is 45.7 Å². The van der Waals surface area contributed by atoms with Gasteiger partial charge in [0.25, 0.3) is 0 Å². The van der Waals surface area contributed by atoms with E-state index in [2.05, 4.69) is 29.7 Å². The molecule has 134 valence electrons. The van der Waals surface area contributed by atoms with Gasteiger partial charge in [0.05, 0.1) is 6.54 Å². The van der Waals surface area contributed by atoms with E-state index < -0.39 is 0 Å². The number of aliphatic imine (C=N–C) groups is 1. The summed E-state index contributed by atoms with van der Waals surface area (Å²) in [5.41, 5.74) is 1.30. The van der Waals surface area contributed by atoms with Crippen LogP contribution in [0.15, 0.2) is 29.3 Å². The Morgan fingerprint density at radius 2 is 2.08 bits per heavy atom. The average Bonchev–Trinajstić information content (AvgIpc) is 3.38. The van der Waals surface area contributed by atoms with Crippen LogP contribution in [-0.4, -0.2) is 38.3 Å². The van der Waals surface area contributed by atoms with Gasteiger partial charge < -0.3 is 15.4 Å². The van der Waals surface area contributed by atoms with Crippen molar-refractivity contribution in [3.8, 4) is 0 Å². The number of rotatable bonds is 5. The van der Waals surface area contributed by atoms with Gasteiger partial charge in [-0.15, -0.1) is 24.0 Å². The zero-order chi connectivity index (χ0) is 16.1. The lowest BCUT2D eigenvalue weighted by atomic mass is 9.74. The van der Waals surface area contributed by atoms with Crippen molar-refractivity contribution in [3.63, 3.8) is 0 Å². The molecule has 1 aliphatic carbocycles. The van der Waals surface area contributed by atoms with Gasteiger partial charge in [0.15, 0.2) is 5.96 Å². The predicted molar refractivity (Wildman–Crippen MR) is 111 cm³/mol. The molecule has 1 aliphatic heterocycles. The van der Waals surface area contributed by atoms with Crippen LogP contribution < -0.4 is 10.6 Å². The Kier molecular flexibility index (Phi) is 7.62. The number of hydrogen-bond acceptors (Lipinski definition) is 2. The summed E-state index contributed by atoms with van der Waals surface area (Å²) in [6.07, 6.45) is 4.47. The van der Waals surface area contributed by atoms with Gasteiger partial charge in [-0.05, 0) is 50.3 Å². The van der Waals surface area contributed by atoms with E-state index in [0.717, 1.165) is 50.1 Å². The van der Waals surface area contributed by atoms with Crippen LogP contribution in [0.1, 0.15) is 38.2 Å². The van der Waals surface area contributed by atoms with E-state index >= 15 is 0 Å². The molecule has 24 heavy (non-hydrogen) atoms. The van der Waals surface area contributed by atoms with E-state index in [-0.39, 0.29) is 29.4 Å².